The van der Waals surface area contributed by atoms with Crippen molar-refractivity contribution < 1.29 is 16.4 Å². The molecular weight excluding hydrogens is 324 g/mol. The summed E-state index contributed by atoms with van der Waals surface area (Å²) in [6.07, 6.45) is 8.15. The van der Waals surface area contributed by atoms with E-state index in [-0.39, 0.29) is 13.6 Å². The Morgan fingerprint density at radius 1 is 0.808 bits per heavy atom. The molecule has 158 valence electrons. The molecule has 2 N–H and O–H groups in total. The third-order valence-corrected chi connectivity index (χ3v) is 5.69. The van der Waals surface area contributed by atoms with Gasteiger partial charge in [0.1, 0.15) is 5.78 Å². The molecule has 0 atom stereocenters. The first-order valence-electron chi connectivity index (χ1n) is 10.6. The highest BCUT2D eigenvalue weighted by Gasteiger charge is 2.29. The molecule has 3 heteroatoms. The predicted octanol–water partition coefficient (Wildman–Crippen LogP) is 6.01. The van der Waals surface area contributed by atoms with Gasteiger partial charge in [-0.15, -0.1) is 0 Å². The Morgan fingerprint density at radius 2 is 1.12 bits per heavy atom. The molecule has 0 unspecified atom stereocenters. The molecule has 0 aromatic rings. The average molecular weight is 373 g/mol. The van der Waals surface area contributed by atoms with Crippen molar-refractivity contribution in [3.05, 3.63) is 0 Å². The normalized spacial score (nSPS) is 25.1. The van der Waals surface area contributed by atoms with E-state index in [0.29, 0.717) is 16.6 Å². The Morgan fingerprint density at radius 3 is 1.42 bits per heavy atom. The molecule has 0 aromatic carbocycles. The number of Topliss-reactive ketones (excluding diaryl/α,β-unsaturated/α-hetero) is 1. The summed E-state index contributed by atoms with van der Waals surface area (Å²) in [7, 11) is 0. The zero-order valence-corrected chi connectivity index (χ0v) is 18.8. The third kappa shape index (κ3) is 12.1. The highest BCUT2D eigenvalue weighted by molar-refractivity contribution is 5.79. The summed E-state index contributed by atoms with van der Waals surface area (Å²) in [6, 6.07) is 0. The lowest BCUT2D eigenvalue weighted by Gasteiger charge is -2.35. The number of aliphatic hydroxyl groups is 2. The Kier molecular flexibility index (Phi) is 11.3. The van der Waals surface area contributed by atoms with Crippen molar-refractivity contribution in [2.45, 2.75) is 119 Å². The topological polar surface area (TPSA) is 57.5 Å². The number of carbonyl (C=O) groups excluding carboxylic acids is 1. The van der Waals surface area contributed by atoms with Crippen LogP contribution >= 0.6 is 0 Å². The van der Waals surface area contributed by atoms with Crippen LogP contribution in [0.4, 0.5) is 0 Å². The Balaban J connectivity index is 0. The summed E-state index contributed by atoms with van der Waals surface area (Å²) in [5, 5.41) is 17.3. The van der Waals surface area contributed by atoms with Gasteiger partial charge in [0.2, 0.25) is 0 Å². The number of ketones is 1. The van der Waals surface area contributed by atoms with E-state index in [0.717, 1.165) is 50.4 Å². The summed E-state index contributed by atoms with van der Waals surface area (Å²) in [4.78, 5) is 10.9. The number of hydrogen-bond acceptors (Lipinski definition) is 3. The smallest absolute Gasteiger partial charge is 0.132 e. The van der Waals surface area contributed by atoms with E-state index in [1.54, 1.807) is 13.8 Å². The number of carbonyl (C=O) groups is 1. The van der Waals surface area contributed by atoms with Gasteiger partial charge in [-0.1, -0.05) is 41.5 Å². The molecule has 2 fully saturated rings. The molecule has 0 aliphatic heterocycles. The Hall–Kier alpha value is -0.410. The van der Waals surface area contributed by atoms with Crippen LogP contribution in [0.3, 0.4) is 0 Å². The predicted molar refractivity (Wildman–Crippen MR) is 113 cm³/mol. The second kappa shape index (κ2) is 11.4. The zero-order valence-electron chi connectivity index (χ0n) is 18.8. The summed E-state index contributed by atoms with van der Waals surface area (Å²) >= 11 is 0. The number of aliphatic hydroxyl groups excluding tert-OH is 2. The van der Waals surface area contributed by atoms with Crippen LogP contribution in [-0.2, 0) is 4.79 Å². The van der Waals surface area contributed by atoms with Crippen LogP contribution in [0.1, 0.15) is 108 Å². The summed E-state index contributed by atoms with van der Waals surface area (Å²) in [5.41, 5.74) is 0.848. The lowest BCUT2D eigenvalue weighted by Crippen LogP contribution is -2.27. The van der Waals surface area contributed by atoms with Gasteiger partial charge in [-0.25, -0.2) is 0 Å². The lowest BCUT2D eigenvalue weighted by atomic mass is 9.72. The van der Waals surface area contributed by atoms with Gasteiger partial charge in [-0.05, 0) is 75.0 Å². The van der Waals surface area contributed by atoms with Crippen molar-refractivity contribution in [3.63, 3.8) is 0 Å². The summed E-state index contributed by atoms with van der Waals surface area (Å²) in [6.45, 7) is 17.2. The monoisotopic (exact) mass is 372 g/mol. The van der Waals surface area contributed by atoms with E-state index in [9.17, 15) is 9.90 Å². The fourth-order valence-corrected chi connectivity index (χ4v) is 3.75. The first kappa shape index (κ1) is 25.6. The highest BCUT2D eigenvalue weighted by atomic mass is 16.3. The van der Waals surface area contributed by atoms with Crippen LogP contribution in [0.5, 0.6) is 0 Å². The van der Waals surface area contributed by atoms with Gasteiger partial charge in [0.15, 0.2) is 0 Å². The van der Waals surface area contributed by atoms with Crippen molar-refractivity contribution in [3.8, 4) is 0 Å². The molecule has 0 heterocycles. The van der Waals surface area contributed by atoms with E-state index in [1.165, 1.54) is 12.8 Å². The largest absolute Gasteiger partial charge is 0.394 e. The standard InChI is InChI=1S/C10H20O.C10H18O.C3H8O.H2/c2*1-10(2,3)8-4-6-9(11)7-5-8;1-3(2)4;/h8-9,11H,4-7H2,1-3H3;8H,4-7H2,1-3H3;3-4H,1-2H3;1H. The van der Waals surface area contributed by atoms with Crippen LogP contribution in [0.25, 0.3) is 0 Å². The van der Waals surface area contributed by atoms with E-state index in [2.05, 4.69) is 41.5 Å². The third-order valence-electron chi connectivity index (χ3n) is 5.69. The van der Waals surface area contributed by atoms with Crippen molar-refractivity contribution >= 4 is 5.78 Å². The maximum Gasteiger partial charge on any atom is 0.132 e. The van der Waals surface area contributed by atoms with E-state index < -0.39 is 0 Å². The summed E-state index contributed by atoms with van der Waals surface area (Å²) < 4.78 is 0. The van der Waals surface area contributed by atoms with Crippen molar-refractivity contribution in [1.29, 1.82) is 0 Å². The van der Waals surface area contributed by atoms with Crippen LogP contribution in [0.2, 0.25) is 0 Å². The van der Waals surface area contributed by atoms with E-state index >= 15 is 0 Å². The van der Waals surface area contributed by atoms with E-state index in [1.807, 2.05) is 0 Å². The maximum absolute atomic E-state index is 10.9. The molecule has 0 aromatic heterocycles. The fraction of sp³-hybridized carbons (Fsp3) is 0.957. The molecule has 0 bridgehead atoms. The molecular formula is C23H48O3. The minimum absolute atomic E-state index is 0. The van der Waals surface area contributed by atoms with Crippen LogP contribution < -0.4 is 0 Å². The molecule has 2 saturated carbocycles. The van der Waals surface area contributed by atoms with Crippen LogP contribution in [-0.4, -0.2) is 28.2 Å². The van der Waals surface area contributed by atoms with Gasteiger partial charge in [0, 0.05) is 20.4 Å². The molecule has 0 radical (unpaired) electrons. The molecule has 0 saturated heterocycles. The van der Waals surface area contributed by atoms with Gasteiger partial charge >= 0.3 is 0 Å². The zero-order chi connectivity index (χ0) is 20.5. The molecule has 0 spiro atoms. The second-order valence-corrected chi connectivity index (χ2v) is 10.6. The van der Waals surface area contributed by atoms with Crippen molar-refractivity contribution in [1.82, 2.24) is 0 Å². The van der Waals surface area contributed by atoms with Gasteiger partial charge in [-0.2, -0.15) is 0 Å². The average Bonchev–Trinajstić information content (AvgIpc) is 2.46. The van der Waals surface area contributed by atoms with Crippen LogP contribution in [0, 0.1) is 22.7 Å². The van der Waals surface area contributed by atoms with Crippen LogP contribution in [0.15, 0.2) is 0 Å². The molecule has 2 rings (SSSR count). The minimum Gasteiger partial charge on any atom is -0.394 e. The molecule has 0 amide bonds. The first-order chi connectivity index (χ1) is 11.7. The number of rotatable bonds is 0. The van der Waals surface area contributed by atoms with Gasteiger partial charge < -0.3 is 10.2 Å². The number of hydrogen-bond donors (Lipinski definition) is 2. The van der Waals surface area contributed by atoms with Crippen molar-refractivity contribution in [2.75, 3.05) is 0 Å². The maximum atomic E-state index is 10.9. The Bertz CT molecular complexity index is 373. The summed E-state index contributed by atoms with van der Waals surface area (Å²) in [5.74, 6) is 2.05. The highest BCUT2D eigenvalue weighted by Crippen LogP contribution is 2.38. The molecule has 2 aliphatic carbocycles. The lowest BCUT2D eigenvalue weighted by molar-refractivity contribution is -0.121. The minimum atomic E-state index is -0.167. The fourth-order valence-electron chi connectivity index (χ4n) is 3.75. The van der Waals surface area contributed by atoms with Gasteiger partial charge in [-0.3, -0.25) is 4.79 Å². The van der Waals surface area contributed by atoms with E-state index in [4.69, 9.17) is 5.11 Å². The Labute approximate surface area is 164 Å². The van der Waals surface area contributed by atoms with Crippen molar-refractivity contribution in [2.24, 2.45) is 22.7 Å². The SMILES string of the molecule is CC(C)(C)C1CCC(=O)CC1.CC(C)(C)C1CCC(O)CC1.CC(C)O.[HH]. The van der Waals surface area contributed by atoms with Gasteiger partial charge in [0.05, 0.1) is 6.10 Å². The van der Waals surface area contributed by atoms with Gasteiger partial charge in [0.25, 0.3) is 0 Å². The quantitative estimate of drug-likeness (QED) is 0.547. The second-order valence-electron chi connectivity index (χ2n) is 10.6. The molecule has 2 aliphatic rings. The molecule has 3 nitrogen and oxygen atoms in total. The molecule has 26 heavy (non-hydrogen) atoms. The first-order valence-corrected chi connectivity index (χ1v) is 10.6.